The van der Waals surface area contributed by atoms with E-state index in [2.05, 4.69) is 42.8 Å². The highest BCUT2D eigenvalue weighted by atomic mass is 16.5. The summed E-state index contributed by atoms with van der Waals surface area (Å²) < 4.78 is 6.40. The summed E-state index contributed by atoms with van der Waals surface area (Å²) in [7, 11) is 0. The molecule has 132 valence electrons. The molecular weight excluding hydrogens is 314 g/mol. The molecule has 1 fully saturated rings. The molecule has 2 atom stereocenters. The van der Waals surface area contributed by atoms with E-state index in [9.17, 15) is 4.79 Å². The maximum atomic E-state index is 11.8. The Bertz CT molecular complexity index is 740. The van der Waals surface area contributed by atoms with Crippen LogP contribution in [0.2, 0.25) is 0 Å². The molecule has 2 aromatic rings. The van der Waals surface area contributed by atoms with E-state index in [0.717, 1.165) is 5.56 Å². The molecule has 0 radical (unpaired) electrons. The number of hydrogen-bond acceptors (Lipinski definition) is 4. The Morgan fingerprint density at radius 2 is 1.88 bits per heavy atom. The van der Waals surface area contributed by atoms with Gasteiger partial charge in [0.25, 0.3) is 5.91 Å². The first-order valence-electron chi connectivity index (χ1n) is 8.56. The van der Waals surface area contributed by atoms with Crippen LogP contribution in [0.1, 0.15) is 42.8 Å². The van der Waals surface area contributed by atoms with Crippen molar-refractivity contribution < 1.29 is 9.53 Å². The van der Waals surface area contributed by atoms with Gasteiger partial charge in [-0.05, 0) is 23.1 Å². The molecule has 2 N–H and O–H groups in total. The zero-order valence-electron chi connectivity index (χ0n) is 15.0. The molecular formula is C20H25N3O2. The number of nitrogens with zero attached hydrogens (tertiary/aromatic N) is 2. The highest BCUT2D eigenvalue weighted by Gasteiger charge is 2.37. The van der Waals surface area contributed by atoms with Crippen molar-refractivity contribution in [3.8, 4) is 0 Å². The maximum Gasteiger partial charge on any atom is 0.252 e. The number of pyridine rings is 1. The second-order valence-corrected chi connectivity index (χ2v) is 7.53. The van der Waals surface area contributed by atoms with E-state index in [0.29, 0.717) is 24.5 Å². The molecule has 25 heavy (non-hydrogen) atoms. The van der Waals surface area contributed by atoms with Crippen molar-refractivity contribution in [1.82, 2.24) is 4.98 Å². The molecule has 0 bridgehead atoms. The van der Waals surface area contributed by atoms with E-state index in [1.54, 1.807) is 18.3 Å². The lowest BCUT2D eigenvalue weighted by molar-refractivity contribution is -0.0793. The summed E-state index contributed by atoms with van der Waals surface area (Å²) in [5.41, 5.74) is 7.09. The van der Waals surface area contributed by atoms with Crippen LogP contribution in [-0.2, 0) is 4.74 Å². The molecule has 0 spiro atoms. The number of ether oxygens (including phenoxy) is 1. The number of carbonyl (C=O) groups excluding carboxylic acids is 1. The van der Waals surface area contributed by atoms with Crippen molar-refractivity contribution in [1.29, 1.82) is 0 Å². The van der Waals surface area contributed by atoms with E-state index in [4.69, 9.17) is 10.5 Å². The minimum atomic E-state index is -0.460. The van der Waals surface area contributed by atoms with E-state index in [-0.39, 0.29) is 17.6 Å². The number of hydrogen-bond donors (Lipinski definition) is 1. The second kappa shape index (κ2) is 6.84. The van der Waals surface area contributed by atoms with Crippen molar-refractivity contribution in [2.75, 3.05) is 18.0 Å². The summed E-state index contributed by atoms with van der Waals surface area (Å²) in [5, 5.41) is 0. The number of amides is 1. The number of benzene rings is 1. The van der Waals surface area contributed by atoms with Crippen molar-refractivity contribution in [3.05, 3.63) is 59.8 Å². The third-order valence-corrected chi connectivity index (χ3v) is 4.59. The molecule has 2 heterocycles. The van der Waals surface area contributed by atoms with Gasteiger partial charge in [0.2, 0.25) is 0 Å². The van der Waals surface area contributed by atoms with E-state index in [1.807, 2.05) is 18.2 Å². The Morgan fingerprint density at radius 3 is 2.52 bits per heavy atom. The Hall–Kier alpha value is -2.40. The third kappa shape index (κ3) is 3.82. The number of carbonyl (C=O) groups is 1. The smallest absolute Gasteiger partial charge is 0.252 e. The second-order valence-electron chi connectivity index (χ2n) is 7.53. The van der Waals surface area contributed by atoms with Gasteiger partial charge >= 0.3 is 0 Å². The fourth-order valence-electron chi connectivity index (χ4n) is 3.10. The summed E-state index contributed by atoms with van der Waals surface area (Å²) in [6.45, 7) is 7.79. The van der Waals surface area contributed by atoms with Crippen LogP contribution in [0, 0.1) is 5.41 Å². The zero-order chi connectivity index (χ0) is 18.0. The Kier molecular flexibility index (Phi) is 4.77. The van der Waals surface area contributed by atoms with E-state index >= 15 is 0 Å². The standard InChI is InChI=1S/C20H25N3O2/c1-20(2,3)17-13-23(19-15(18(21)24)10-7-11-22-19)12-16(25-17)14-8-5-4-6-9-14/h4-11,16-17H,12-13H2,1-3H3,(H2,21,24)/t16-,17+/m0/s1. The van der Waals surface area contributed by atoms with Gasteiger partial charge in [0.1, 0.15) is 11.9 Å². The molecule has 5 nitrogen and oxygen atoms in total. The average molecular weight is 339 g/mol. The van der Waals surface area contributed by atoms with Crippen LogP contribution in [0.4, 0.5) is 5.82 Å². The summed E-state index contributed by atoms with van der Waals surface area (Å²) in [6, 6.07) is 13.6. The minimum absolute atomic E-state index is 0.00851. The van der Waals surface area contributed by atoms with Gasteiger partial charge in [-0.15, -0.1) is 0 Å². The van der Waals surface area contributed by atoms with Gasteiger partial charge in [0, 0.05) is 19.3 Å². The van der Waals surface area contributed by atoms with Crippen molar-refractivity contribution >= 4 is 11.7 Å². The molecule has 0 unspecified atom stereocenters. The highest BCUT2D eigenvalue weighted by molar-refractivity contribution is 5.97. The number of rotatable bonds is 3. The molecule has 3 rings (SSSR count). The summed E-state index contributed by atoms with van der Waals surface area (Å²) >= 11 is 0. The number of nitrogens with two attached hydrogens (primary N) is 1. The van der Waals surface area contributed by atoms with E-state index in [1.165, 1.54) is 0 Å². The van der Waals surface area contributed by atoms with Gasteiger partial charge < -0.3 is 15.4 Å². The quantitative estimate of drug-likeness (QED) is 0.932. The number of anilines is 1. The minimum Gasteiger partial charge on any atom is -0.366 e. The Morgan fingerprint density at radius 1 is 1.16 bits per heavy atom. The van der Waals surface area contributed by atoms with Crippen LogP contribution in [0.3, 0.4) is 0 Å². The van der Waals surface area contributed by atoms with Crippen molar-refractivity contribution in [3.63, 3.8) is 0 Å². The lowest BCUT2D eigenvalue weighted by Gasteiger charge is -2.44. The first kappa shape index (κ1) is 17.4. The highest BCUT2D eigenvalue weighted by Crippen LogP contribution is 2.35. The number of aromatic nitrogens is 1. The molecule has 1 aliphatic heterocycles. The predicted molar refractivity (Wildman–Crippen MR) is 98.5 cm³/mol. The Labute approximate surface area is 148 Å². The molecule has 1 amide bonds. The third-order valence-electron chi connectivity index (χ3n) is 4.59. The van der Waals surface area contributed by atoms with Gasteiger partial charge in [0.05, 0.1) is 11.7 Å². The van der Waals surface area contributed by atoms with Crippen molar-refractivity contribution in [2.24, 2.45) is 11.1 Å². The molecule has 0 aliphatic carbocycles. The van der Waals surface area contributed by atoms with Gasteiger partial charge in [-0.2, -0.15) is 0 Å². The predicted octanol–water partition coefficient (Wildman–Crippen LogP) is 3.17. The van der Waals surface area contributed by atoms with Crippen LogP contribution >= 0.6 is 0 Å². The van der Waals surface area contributed by atoms with Crippen LogP contribution in [-0.4, -0.2) is 30.1 Å². The van der Waals surface area contributed by atoms with Crippen LogP contribution in [0.15, 0.2) is 48.7 Å². The van der Waals surface area contributed by atoms with Gasteiger partial charge in [-0.3, -0.25) is 4.79 Å². The van der Waals surface area contributed by atoms with Crippen molar-refractivity contribution in [2.45, 2.75) is 33.0 Å². The molecule has 1 aromatic heterocycles. The molecule has 1 aliphatic rings. The normalized spacial score (nSPS) is 21.2. The van der Waals surface area contributed by atoms with Gasteiger partial charge in [-0.1, -0.05) is 51.1 Å². The molecule has 1 aromatic carbocycles. The lowest BCUT2D eigenvalue weighted by Crippen LogP contribution is -2.50. The molecule has 1 saturated heterocycles. The lowest BCUT2D eigenvalue weighted by atomic mass is 9.87. The first-order chi connectivity index (χ1) is 11.9. The number of primary amides is 1. The molecule has 5 heteroatoms. The summed E-state index contributed by atoms with van der Waals surface area (Å²) in [5.74, 6) is 0.173. The van der Waals surface area contributed by atoms with Crippen LogP contribution in [0.25, 0.3) is 0 Å². The topological polar surface area (TPSA) is 68.5 Å². The molecule has 0 saturated carbocycles. The Balaban J connectivity index is 1.97. The number of morpholine rings is 1. The summed E-state index contributed by atoms with van der Waals surface area (Å²) in [4.78, 5) is 18.4. The van der Waals surface area contributed by atoms with Gasteiger partial charge in [0.15, 0.2) is 0 Å². The fourth-order valence-corrected chi connectivity index (χ4v) is 3.10. The zero-order valence-corrected chi connectivity index (χ0v) is 15.0. The SMILES string of the molecule is CC(C)(C)[C@H]1CN(c2ncccc2C(N)=O)C[C@@H](c2ccccc2)O1. The van der Waals surface area contributed by atoms with Crippen LogP contribution in [0.5, 0.6) is 0 Å². The first-order valence-corrected chi connectivity index (χ1v) is 8.56. The average Bonchev–Trinajstić information content (AvgIpc) is 2.61. The van der Waals surface area contributed by atoms with E-state index < -0.39 is 5.91 Å². The monoisotopic (exact) mass is 339 g/mol. The summed E-state index contributed by atoms with van der Waals surface area (Å²) in [6.07, 6.45) is 1.62. The van der Waals surface area contributed by atoms with Crippen LogP contribution < -0.4 is 10.6 Å². The maximum absolute atomic E-state index is 11.8. The largest absolute Gasteiger partial charge is 0.366 e. The fraction of sp³-hybridized carbons (Fsp3) is 0.400. The van der Waals surface area contributed by atoms with Gasteiger partial charge in [-0.25, -0.2) is 4.98 Å².